The molecule has 1 unspecified atom stereocenters. The van der Waals surface area contributed by atoms with Gasteiger partial charge in [-0.05, 0) is 51.0 Å². The number of nitrogens with one attached hydrogen (secondary N) is 4. The molecule has 4 aliphatic rings. The highest BCUT2D eigenvalue weighted by molar-refractivity contribution is 6.33. The van der Waals surface area contributed by atoms with Crippen molar-refractivity contribution in [3.63, 3.8) is 0 Å². The van der Waals surface area contributed by atoms with Crippen LogP contribution < -0.4 is 26.5 Å². The van der Waals surface area contributed by atoms with Crippen molar-refractivity contribution in [2.75, 3.05) is 31.1 Å². The number of nitrogens with zero attached hydrogens (tertiary/aromatic N) is 4. The summed E-state index contributed by atoms with van der Waals surface area (Å²) in [6.45, 7) is 6.75. The van der Waals surface area contributed by atoms with Crippen LogP contribution in [-0.2, 0) is 4.74 Å². The Morgan fingerprint density at radius 1 is 1.28 bits per heavy atom. The zero-order chi connectivity index (χ0) is 27.1. The fraction of sp³-hybridized carbons (Fsp3) is 0.370. The van der Waals surface area contributed by atoms with Gasteiger partial charge in [0, 0.05) is 48.1 Å². The van der Waals surface area contributed by atoms with Gasteiger partial charge >= 0.3 is 0 Å². The summed E-state index contributed by atoms with van der Waals surface area (Å²) in [6, 6.07) is 5.23. The van der Waals surface area contributed by atoms with Crippen molar-refractivity contribution >= 4 is 28.9 Å². The minimum Gasteiger partial charge on any atom is -0.492 e. The minimum atomic E-state index is -0.577. The summed E-state index contributed by atoms with van der Waals surface area (Å²) in [4.78, 5) is 23.6. The van der Waals surface area contributed by atoms with E-state index in [1.165, 1.54) is 5.57 Å². The van der Waals surface area contributed by atoms with E-state index in [0.717, 1.165) is 60.3 Å². The van der Waals surface area contributed by atoms with Crippen molar-refractivity contribution in [2.24, 2.45) is 0 Å². The molecule has 0 radical (unpaired) electrons. The van der Waals surface area contributed by atoms with Gasteiger partial charge in [0.25, 0.3) is 5.91 Å². The van der Waals surface area contributed by atoms with E-state index in [1.54, 1.807) is 0 Å². The second-order valence-corrected chi connectivity index (χ2v) is 10.6. The molecule has 0 saturated carbocycles. The third-order valence-electron chi connectivity index (χ3n) is 7.48. The van der Waals surface area contributed by atoms with Crippen LogP contribution in [0.2, 0.25) is 5.02 Å². The topological polar surface area (TPSA) is 107 Å². The SMILES string of the molecule is CCOC1=CN2NC3NNCC3=C2C(c2ccc(N3CCC(C)(NC(=O)c4ncc(F)cc4Cl)CC3)nc2)=C1. The number of halogens is 2. The molecule has 0 spiro atoms. The molecular weight excluding hydrogens is 523 g/mol. The van der Waals surface area contributed by atoms with E-state index in [2.05, 4.69) is 43.6 Å². The summed E-state index contributed by atoms with van der Waals surface area (Å²) in [5.74, 6) is 0.691. The number of carbonyl (C=O) groups excluding carboxylic acids is 1. The summed E-state index contributed by atoms with van der Waals surface area (Å²) in [5, 5.41) is 5.07. The molecule has 0 bridgehead atoms. The van der Waals surface area contributed by atoms with Gasteiger partial charge < -0.3 is 15.0 Å². The first-order valence-corrected chi connectivity index (χ1v) is 13.4. The number of amides is 1. The second-order valence-electron chi connectivity index (χ2n) is 10.2. The third kappa shape index (κ3) is 4.98. The highest BCUT2D eigenvalue weighted by Gasteiger charge is 2.38. The van der Waals surface area contributed by atoms with Crippen molar-refractivity contribution in [1.82, 2.24) is 36.6 Å². The molecule has 6 rings (SSSR count). The maximum atomic E-state index is 13.3. The number of ether oxygens (including phenoxy) is 1. The van der Waals surface area contributed by atoms with Crippen molar-refractivity contribution < 1.29 is 13.9 Å². The van der Waals surface area contributed by atoms with Gasteiger partial charge in [-0.1, -0.05) is 11.6 Å². The molecule has 2 saturated heterocycles. The molecule has 4 aliphatic heterocycles. The molecule has 0 aliphatic carbocycles. The van der Waals surface area contributed by atoms with Crippen LogP contribution in [0.1, 0.15) is 42.7 Å². The fourth-order valence-corrected chi connectivity index (χ4v) is 5.61. The lowest BCUT2D eigenvalue weighted by molar-refractivity contribution is 0.0886. The first-order chi connectivity index (χ1) is 18.8. The average Bonchev–Trinajstić information content (AvgIpc) is 3.50. The smallest absolute Gasteiger partial charge is 0.271 e. The van der Waals surface area contributed by atoms with Crippen LogP contribution in [0.4, 0.5) is 10.2 Å². The molecule has 1 amide bonds. The van der Waals surface area contributed by atoms with Crippen LogP contribution in [-0.4, -0.2) is 58.8 Å². The summed E-state index contributed by atoms with van der Waals surface area (Å²) in [7, 11) is 0. The molecule has 12 heteroatoms. The van der Waals surface area contributed by atoms with Gasteiger partial charge in [-0.25, -0.2) is 25.2 Å². The first kappa shape index (κ1) is 25.8. The summed E-state index contributed by atoms with van der Waals surface area (Å²) >= 11 is 6.03. The van der Waals surface area contributed by atoms with Crippen LogP contribution in [0.25, 0.3) is 5.57 Å². The molecule has 2 fully saturated rings. The third-order valence-corrected chi connectivity index (χ3v) is 7.77. The van der Waals surface area contributed by atoms with Crippen molar-refractivity contribution in [1.29, 1.82) is 0 Å². The second kappa shape index (κ2) is 10.2. The van der Waals surface area contributed by atoms with E-state index in [1.807, 2.05) is 37.3 Å². The molecule has 6 heterocycles. The quantitative estimate of drug-likeness (QED) is 0.430. The molecular formula is C27H30ClFN8O2. The highest BCUT2D eigenvalue weighted by atomic mass is 35.5. The Balaban J connectivity index is 1.15. The van der Waals surface area contributed by atoms with Gasteiger partial charge in [0.15, 0.2) is 0 Å². The number of hydrogen-bond donors (Lipinski definition) is 4. The van der Waals surface area contributed by atoms with Gasteiger partial charge in [-0.15, -0.1) is 0 Å². The van der Waals surface area contributed by atoms with E-state index in [-0.39, 0.29) is 16.9 Å². The zero-order valence-electron chi connectivity index (χ0n) is 21.7. The minimum absolute atomic E-state index is 0.00109. The van der Waals surface area contributed by atoms with Crippen LogP contribution in [0.3, 0.4) is 0 Å². The lowest BCUT2D eigenvalue weighted by Crippen LogP contribution is -2.53. The summed E-state index contributed by atoms with van der Waals surface area (Å²) in [6.07, 6.45) is 8.41. The number of anilines is 1. The Bertz CT molecular complexity index is 1380. The largest absolute Gasteiger partial charge is 0.492 e. The van der Waals surface area contributed by atoms with Crippen molar-refractivity contribution in [3.05, 3.63) is 82.0 Å². The van der Waals surface area contributed by atoms with E-state index in [4.69, 9.17) is 21.3 Å². The summed E-state index contributed by atoms with van der Waals surface area (Å²) < 4.78 is 19.2. The normalized spacial score (nSPS) is 21.8. The summed E-state index contributed by atoms with van der Waals surface area (Å²) in [5.41, 5.74) is 13.9. The molecule has 39 heavy (non-hydrogen) atoms. The number of pyridine rings is 2. The van der Waals surface area contributed by atoms with E-state index in [9.17, 15) is 9.18 Å². The number of fused-ring (bicyclic) bond motifs is 2. The van der Waals surface area contributed by atoms with Gasteiger partial charge in [0.05, 0.1) is 29.7 Å². The predicted molar refractivity (Wildman–Crippen MR) is 145 cm³/mol. The predicted octanol–water partition coefficient (Wildman–Crippen LogP) is 2.84. The van der Waals surface area contributed by atoms with Crippen molar-refractivity contribution in [3.8, 4) is 0 Å². The molecule has 10 nitrogen and oxygen atoms in total. The van der Waals surface area contributed by atoms with Crippen LogP contribution >= 0.6 is 11.6 Å². The molecule has 2 aromatic rings. The van der Waals surface area contributed by atoms with Crippen molar-refractivity contribution in [2.45, 2.75) is 38.4 Å². The number of rotatable bonds is 6. The van der Waals surface area contributed by atoms with Crippen LogP contribution in [0.5, 0.6) is 0 Å². The fourth-order valence-electron chi connectivity index (χ4n) is 5.37. The number of aromatic nitrogens is 2. The van der Waals surface area contributed by atoms with Crippen LogP contribution in [0.15, 0.2) is 59.9 Å². The van der Waals surface area contributed by atoms with Gasteiger partial charge in [-0.2, -0.15) is 0 Å². The number of hydrazine groups is 2. The lowest BCUT2D eigenvalue weighted by atomic mass is 9.89. The van der Waals surface area contributed by atoms with Gasteiger partial charge in [-0.3, -0.25) is 15.2 Å². The number of hydrogen-bond acceptors (Lipinski definition) is 9. The maximum Gasteiger partial charge on any atom is 0.271 e. The molecule has 4 N–H and O–H groups in total. The van der Waals surface area contributed by atoms with E-state index >= 15 is 0 Å². The first-order valence-electron chi connectivity index (χ1n) is 13.0. The number of carbonyl (C=O) groups is 1. The Labute approximate surface area is 230 Å². The monoisotopic (exact) mass is 552 g/mol. The molecule has 2 aromatic heterocycles. The highest BCUT2D eigenvalue weighted by Crippen LogP contribution is 2.38. The number of allylic oxidation sites excluding steroid dienone is 2. The molecule has 204 valence electrons. The van der Waals surface area contributed by atoms with Gasteiger partial charge in [0.2, 0.25) is 0 Å². The standard InChI is InChI=1S/C27H30ClFN8O2/c1-3-39-18-11-19(24-20-14-32-34-25(20)35-37(24)15-18)16-4-5-22(30-12-16)36-8-6-27(2,7-9-36)33-26(38)23-21(28)10-17(29)13-31-23/h4-5,10-13,15,25,32,34-35H,3,6-9,14H2,1-2H3,(H,33,38). The Morgan fingerprint density at radius 2 is 2.10 bits per heavy atom. The van der Waals surface area contributed by atoms with E-state index < -0.39 is 17.3 Å². The average molecular weight is 553 g/mol. The lowest BCUT2D eigenvalue weighted by Gasteiger charge is -2.40. The zero-order valence-corrected chi connectivity index (χ0v) is 22.5. The van der Waals surface area contributed by atoms with E-state index in [0.29, 0.717) is 19.4 Å². The molecule has 1 atom stereocenters. The maximum absolute atomic E-state index is 13.3. The Hall–Kier alpha value is -3.51. The van der Waals surface area contributed by atoms with Crippen LogP contribution in [0, 0.1) is 5.82 Å². The molecule has 0 aromatic carbocycles. The number of piperidine rings is 1. The van der Waals surface area contributed by atoms with Gasteiger partial charge in [0.1, 0.15) is 29.3 Å². The Morgan fingerprint density at radius 3 is 2.82 bits per heavy atom. The Kier molecular flexibility index (Phi) is 6.76.